The topological polar surface area (TPSA) is 32.8 Å². The van der Waals surface area contributed by atoms with Gasteiger partial charge in [-0.05, 0) is 23.6 Å². The number of ketones is 1. The molecule has 0 spiro atoms. The molecule has 3 rings (SSSR count). The van der Waals surface area contributed by atoms with E-state index in [2.05, 4.69) is 28.0 Å². The van der Waals surface area contributed by atoms with E-state index >= 15 is 0 Å². The third-order valence-electron chi connectivity index (χ3n) is 4.58. The molecule has 1 aliphatic heterocycles. The number of carbonyl (C=O) groups is 1. The fourth-order valence-electron chi connectivity index (χ4n) is 3.23. The van der Waals surface area contributed by atoms with Gasteiger partial charge in [0.1, 0.15) is 0 Å². The van der Waals surface area contributed by atoms with Crippen LogP contribution in [-0.2, 0) is 17.7 Å². The Labute approximate surface area is 126 Å². The summed E-state index contributed by atoms with van der Waals surface area (Å²) < 4.78 is 5.13. The normalized spacial score (nSPS) is 20.0. The maximum Gasteiger partial charge on any atom is 0.163 e. The van der Waals surface area contributed by atoms with Crippen molar-refractivity contribution in [2.24, 2.45) is 0 Å². The van der Waals surface area contributed by atoms with Crippen molar-refractivity contribution < 1.29 is 9.53 Å². The molecule has 0 aromatic heterocycles. The molecule has 1 aromatic carbocycles. The smallest absolute Gasteiger partial charge is 0.163 e. The molecule has 0 atom stereocenters. The van der Waals surface area contributed by atoms with Crippen LogP contribution in [0.5, 0.6) is 0 Å². The van der Waals surface area contributed by atoms with Gasteiger partial charge in [-0.25, -0.2) is 0 Å². The van der Waals surface area contributed by atoms with Crippen molar-refractivity contribution in [3.63, 3.8) is 0 Å². The summed E-state index contributed by atoms with van der Waals surface area (Å²) in [6.45, 7) is 7.19. The minimum absolute atomic E-state index is 0.316. The zero-order chi connectivity index (χ0) is 14.7. The first-order valence-electron chi connectivity index (χ1n) is 7.85. The number of Topliss-reactive ketones (excluding diaryl/α,β-unsaturated/α-hetero) is 1. The summed E-state index contributed by atoms with van der Waals surface area (Å²) in [5, 5.41) is 0. The van der Waals surface area contributed by atoms with Gasteiger partial charge in [-0.2, -0.15) is 0 Å². The molecule has 0 amide bonds. The van der Waals surface area contributed by atoms with Crippen LogP contribution in [0.25, 0.3) is 0 Å². The molecular formula is C17H24N2O2. The molecule has 0 unspecified atom stereocenters. The van der Waals surface area contributed by atoms with E-state index in [0.717, 1.165) is 57.9 Å². The highest BCUT2D eigenvalue weighted by atomic mass is 16.5. The second-order valence-electron chi connectivity index (χ2n) is 6.03. The fraction of sp³-hybridized carbons (Fsp3) is 0.588. The van der Waals surface area contributed by atoms with E-state index < -0.39 is 0 Å². The van der Waals surface area contributed by atoms with E-state index in [0.29, 0.717) is 12.2 Å². The molecule has 1 saturated heterocycles. The SMILES string of the molecule is COCCN1CCN(Cc2ccc3c(c2)C(=O)CC3)CC1. The molecule has 0 bridgehead atoms. The highest BCUT2D eigenvalue weighted by molar-refractivity contribution is 6.00. The second kappa shape index (κ2) is 6.69. The quantitative estimate of drug-likeness (QED) is 0.823. The summed E-state index contributed by atoms with van der Waals surface area (Å²) in [5.74, 6) is 0.316. The lowest BCUT2D eigenvalue weighted by molar-refractivity contribution is 0.0937. The highest BCUT2D eigenvalue weighted by Gasteiger charge is 2.21. The lowest BCUT2D eigenvalue weighted by atomic mass is 10.1. The Kier molecular flexibility index (Phi) is 4.68. The number of benzene rings is 1. The molecule has 0 radical (unpaired) electrons. The van der Waals surface area contributed by atoms with Crippen molar-refractivity contribution >= 4 is 5.78 Å². The largest absolute Gasteiger partial charge is 0.383 e. The molecule has 4 heteroatoms. The molecule has 4 nitrogen and oxygen atoms in total. The Morgan fingerprint density at radius 2 is 1.86 bits per heavy atom. The number of piperazine rings is 1. The number of aryl methyl sites for hydroxylation is 1. The average molecular weight is 288 g/mol. The predicted octanol–water partition coefficient (Wildman–Crippen LogP) is 1.58. The van der Waals surface area contributed by atoms with Crippen molar-refractivity contribution in [1.29, 1.82) is 0 Å². The average Bonchev–Trinajstić information content (AvgIpc) is 2.88. The molecule has 1 heterocycles. The van der Waals surface area contributed by atoms with Crippen molar-refractivity contribution in [3.8, 4) is 0 Å². The van der Waals surface area contributed by atoms with E-state index in [1.165, 1.54) is 11.1 Å². The maximum atomic E-state index is 11.8. The number of hydrogen-bond donors (Lipinski definition) is 0. The van der Waals surface area contributed by atoms with E-state index in [9.17, 15) is 4.79 Å². The Hall–Kier alpha value is -1.23. The highest BCUT2D eigenvalue weighted by Crippen LogP contribution is 2.23. The Balaban J connectivity index is 1.54. The van der Waals surface area contributed by atoms with E-state index in [1.807, 2.05) is 0 Å². The number of hydrogen-bond acceptors (Lipinski definition) is 4. The van der Waals surface area contributed by atoms with Crippen LogP contribution in [0.3, 0.4) is 0 Å². The zero-order valence-corrected chi connectivity index (χ0v) is 12.8. The number of carbonyl (C=O) groups excluding carboxylic acids is 1. The number of fused-ring (bicyclic) bond motifs is 1. The predicted molar refractivity (Wildman–Crippen MR) is 82.7 cm³/mol. The first-order chi connectivity index (χ1) is 10.3. The summed E-state index contributed by atoms with van der Waals surface area (Å²) in [6, 6.07) is 6.45. The van der Waals surface area contributed by atoms with Gasteiger partial charge in [0.2, 0.25) is 0 Å². The molecule has 0 saturated carbocycles. The van der Waals surface area contributed by atoms with Gasteiger partial charge < -0.3 is 4.74 Å². The van der Waals surface area contributed by atoms with Gasteiger partial charge in [-0.15, -0.1) is 0 Å². The minimum Gasteiger partial charge on any atom is -0.383 e. The third kappa shape index (κ3) is 3.51. The molecule has 0 N–H and O–H groups in total. The minimum atomic E-state index is 0.316. The van der Waals surface area contributed by atoms with Crippen LogP contribution in [0, 0.1) is 0 Å². The standard InChI is InChI=1S/C17H24N2O2/c1-21-11-10-18-6-8-19(9-7-18)13-14-2-3-15-4-5-17(20)16(15)12-14/h2-3,12H,4-11,13H2,1H3. The molecule has 1 aromatic rings. The van der Waals surface area contributed by atoms with E-state index in [-0.39, 0.29) is 0 Å². The van der Waals surface area contributed by atoms with E-state index in [4.69, 9.17) is 4.74 Å². The van der Waals surface area contributed by atoms with Gasteiger partial charge in [0.15, 0.2) is 5.78 Å². The molecular weight excluding hydrogens is 264 g/mol. The van der Waals surface area contributed by atoms with Crippen LogP contribution in [0.1, 0.15) is 27.9 Å². The summed E-state index contributed by atoms with van der Waals surface area (Å²) in [4.78, 5) is 16.7. The number of rotatable bonds is 5. The van der Waals surface area contributed by atoms with Gasteiger partial charge in [0.05, 0.1) is 6.61 Å². The lowest BCUT2D eigenvalue weighted by Gasteiger charge is -2.34. The van der Waals surface area contributed by atoms with Gasteiger partial charge in [-0.3, -0.25) is 14.6 Å². The third-order valence-corrected chi connectivity index (χ3v) is 4.58. The van der Waals surface area contributed by atoms with Crippen molar-refractivity contribution in [3.05, 3.63) is 34.9 Å². The summed E-state index contributed by atoms with van der Waals surface area (Å²) in [5.41, 5.74) is 3.47. The summed E-state index contributed by atoms with van der Waals surface area (Å²) in [6.07, 6.45) is 1.61. The van der Waals surface area contributed by atoms with Crippen molar-refractivity contribution in [1.82, 2.24) is 9.80 Å². The number of methoxy groups -OCH3 is 1. The van der Waals surface area contributed by atoms with Crippen LogP contribution in [0.15, 0.2) is 18.2 Å². The molecule has 21 heavy (non-hydrogen) atoms. The van der Waals surface area contributed by atoms with Crippen LogP contribution >= 0.6 is 0 Å². The molecule has 1 aliphatic carbocycles. The van der Waals surface area contributed by atoms with E-state index in [1.54, 1.807) is 7.11 Å². The monoisotopic (exact) mass is 288 g/mol. The Morgan fingerprint density at radius 3 is 2.62 bits per heavy atom. The molecule has 114 valence electrons. The van der Waals surface area contributed by atoms with Gasteiger partial charge in [-0.1, -0.05) is 12.1 Å². The lowest BCUT2D eigenvalue weighted by Crippen LogP contribution is -2.46. The number of nitrogens with zero attached hydrogens (tertiary/aromatic N) is 2. The second-order valence-corrected chi connectivity index (χ2v) is 6.03. The van der Waals surface area contributed by atoms with Gasteiger partial charge in [0, 0.05) is 58.4 Å². The van der Waals surface area contributed by atoms with Crippen molar-refractivity contribution in [2.45, 2.75) is 19.4 Å². The van der Waals surface area contributed by atoms with Crippen LogP contribution in [0.4, 0.5) is 0 Å². The van der Waals surface area contributed by atoms with Crippen LogP contribution in [0.2, 0.25) is 0 Å². The first kappa shape index (κ1) is 14.7. The number of ether oxygens (including phenoxy) is 1. The van der Waals surface area contributed by atoms with Gasteiger partial charge in [0.25, 0.3) is 0 Å². The summed E-state index contributed by atoms with van der Waals surface area (Å²) >= 11 is 0. The molecule has 2 aliphatic rings. The van der Waals surface area contributed by atoms with Crippen molar-refractivity contribution in [2.75, 3.05) is 46.4 Å². The summed E-state index contributed by atoms with van der Waals surface area (Å²) in [7, 11) is 1.76. The maximum absolute atomic E-state index is 11.8. The fourth-order valence-corrected chi connectivity index (χ4v) is 3.23. The molecule has 1 fully saturated rings. The zero-order valence-electron chi connectivity index (χ0n) is 12.8. The Bertz CT molecular complexity index is 508. The van der Waals surface area contributed by atoms with Gasteiger partial charge >= 0.3 is 0 Å². The Morgan fingerprint density at radius 1 is 1.10 bits per heavy atom. The van der Waals surface area contributed by atoms with Crippen LogP contribution in [-0.4, -0.2) is 62.0 Å². The van der Waals surface area contributed by atoms with Crippen LogP contribution < -0.4 is 0 Å². The first-order valence-corrected chi connectivity index (χ1v) is 7.85.